The summed E-state index contributed by atoms with van der Waals surface area (Å²) in [7, 11) is 0. The minimum absolute atomic E-state index is 0. The van der Waals surface area contributed by atoms with E-state index in [2.05, 4.69) is 24.1 Å². The Morgan fingerprint density at radius 2 is 1.88 bits per heavy atom. The van der Waals surface area contributed by atoms with Crippen LogP contribution >= 0.6 is 12.4 Å². The van der Waals surface area contributed by atoms with Gasteiger partial charge < -0.3 is 10.2 Å². The molecule has 3 nitrogen and oxygen atoms in total. The lowest BCUT2D eigenvalue weighted by Crippen LogP contribution is -2.45. The molecule has 0 aromatic carbocycles. The number of carbonyl (C=O) groups excluding carboxylic acids is 1. The molecule has 2 aliphatic heterocycles. The average molecular weight is 261 g/mol. The standard InChI is InChI=1S/C13H24N2O.ClH/c1-3-12-5-4-10(2)15(12)13(16)11-6-8-14-9-7-11;/h10-12,14H,3-9H2,1-2H3;1H. The Balaban J connectivity index is 0.00000144. The number of nitrogens with zero attached hydrogens (tertiary/aromatic N) is 1. The van der Waals surface area contributed by atoms with E-state index >= 15 is 0 Å². The van der Waals surface area contributed by atoms with Gasteiger partial charge in [-0.3, -0.25) is 4.79 Å². The summed E-state index contributed by atoms with van der Waals surface area (Å²) in [6.07, 6.45) is 5.56. The average Bonchev–Trinajstić information content (AvgIpc) is 2.70. The molecule has 100 valence electrons. The third-order valence-corrected chi connectivity index (χ3v) is 4.20. The topological polar surface area (TPSA) is 32.3 Å². The summed E-state index contributed by atoms with van der Waals surface area (Å²) in [6, 6.07) is 0.977. The predicted molar refractivity (Wildman–Crippen MR) is 72.5 cm³/mol. The predicted octanol–water partition coefficient (Wildman–Crippen LogP) is 2.20. The van der Waals surface area contributed by atoms with Gasteiger partial charge in [-0.1, -0.05) is 6.92 Å². The van der Waals surface area contributed by atoms with Crippen LogP contribution in [0.3, 0.4) is 0 Å². The zero-order valence-corrected chi connectivity index (χ0v) is 11.8. The second-order valence-electron chi connectivity index (χ2n) is 5.26. The maximum Gasteiger partial charge on any atom is 0.226 e. The van der Waals surface area contributed by atoms with E-state index in [1.807, 2.05) is 0 Å². The second-order valence-corrected chi connectivity index (χ2v) is 5.26. The number of halogens is 1. The quantitative estimate of drug-likeness (QED) is 0.826. The Labute approximate surface area is 111 Å². The third-order valence-electron chi connectivity index (χ3n) is 4.20. The lowest BCUT2D eigenvalue weighted by Gasteiger charge is -2.33. The Morgan fingerprint density at radius 3 is 2.47 bits per heavy atom. The molecule has 0 radical (unpaired) electrons. The van der Waals surface area contributed by atoms with Crippen molar-refractivity contribution in [3.63, 3.8) is 0 Å². The van der Waals surface area contributed by atoms with Crippen LogP contribution in [-0.4, -0.2) is 36.0 Å². The lowest BCUT2D eigenvalue weighted by atomic mass is 9.95. The zero-order chi connectivity index (χ0) is 11.5. The van der Waals surface area contributed by atoms with Gasteiger partial charge in [0.05, 0.1) is 0 Å². The van der Waals surface area contributed by atoms with Crippen LogP contribution < -0.4 is 5.32 Å². The van der Waals surface area contributed by atoms with Crippen molar-refractivity contribution >= 4 is 18.3 Å². The van der Waals surface area contributed by atoms with Gasteiger partial charge in [0, 0.05) is 18.0 Å². The molecule has 2 fully saturated rings. The molecule has 0 saturated carbocycles. The zero-order valence-electron chi connectivity index (χ0n) is 10.9. The largest absolute Gasteiger partial charge is 0.337 e. The number of rotatable bonds is 2. The maximum atomic E-state index is 12.5. The first-order valence-electron chi connectivity index (χ1n) is 6.77. The van der Waals surface area contributed by atoms with Crippen LogP contribution in [0.2, 0.25) is 0 Å². The summed E-state index contributed by atoms with van der Waals surface area (Å²) in [5.74, 6) is 0.717. The van der Waals surface area contributed by atoms with E-state index < -0.39 is 0 Å². The smallest absolute Gasteiger partial charge is 0.226 e. The minimum atomic E-state index is 0. The SMILES string of the molecule is CCC1CCC(C)N1C(=O)C1CCNCC1.Cl. The molecule has 0 spiro atoms. The van der Waals surface area contributed by atoms with Crippen molar-refractivity contribution in [3.8, 4) is 0 Å². The summed E-state index contributed by atoms with van der Waals surface area (Å²) in [6.45, 7) is 6.42. The van der Waals surface area contributed by atoms with Gasteiger partial charge in [-0.15, -0.1) is 12.4 Å². The van der Waals surface area contributed by atoms with Gasteiger partial charge in [0.2, 0.25) is 5.91 Å². The van der Waals surface area contributed by atoms with E-state index in [1.165, 1.54) is 12.8 Å². The molecule has 17 heavy (non-hydrogen) atoms. The van der Waals surface area contributed by atoms with Crippen molar-refractivity contribution in [2.45, 2.75) is 58.0 Å². The highest BCUT2D eigenvalue weighted by molar-refractivity contribution is 5.85. The lowest BCUT2D eigenvalue weighted by molar-refractivity contribution is -0.139. The van der Waals surface area contributed by atoms with Crippen molar-refractivity contribution in [3.05, 3.63) is 0 Å². The monoisotopic (exact) mass is 260 g/mol. The fourth-order valence-electron chi connectivity index (χ4n) is 3.15. The van der Waals surface area contributed by atoms with Gasteiger partial charge in [0.1, 0.15) is 0 Å². The number of hydrogen-bond donors (Lipinski definition) is 1. The van der Waals surface area contributed by atoms with E-state index in [4.69, 9.17) is 0 Å². The molecule has 2 rings (SSSR count). The molecule has 2 atom stereocenters. The van der Waals surface area contributed by atoms with Gasteiger partial charge in [-0.25, -0.2) is 0 Å². The van der Waals surface area contributed by atoms with E-state index in [1.54, 1.807) is 0 Å². The van der Waals surface area contributed by atoms with Crippen LogP contribution in [0, 0.1) is 5.92 Å². The number of hydrogen-bond acceptors (Lipinski definition) is 2. The summed E-state index contributed by atoms with van der Waals surface area (Å²) >= 11 is 0. The Kier molecular flexibility index (Phi) is 5.74. The molecular weight excluding hydrogens is 236 g/mol. The number of nitrogens with one attached hydrogen (secondary N) is 1. The molecule has 2 aliphatic rings. The van der Waals surface area contributed by atoms with Gasteiger partial charge in [0.15, 0.2) is 0 Å². The molecule has 0 bridgehead atoms. The van der Waals surface area contributed by atoms with Crippen molar-refractivity contribution in [1.29, 1.82) is 0 Å². The van der Waals surface area contributed by atoms with Crippen LogP contribution in [0.5, 0.6) is 0 Å². The summed E-state index contributed by atoms with van der Waals surface area (Å²) in [4.78, 5) is 14.7. The van der Waals surface area contributed by atoms with E-state index in [-0.39, 0.29) is 18.3 Å². The number of amides is 1. The van der Waals surface area contributed by atoms with Crippen molar-refractivity contribution in [2.24, 2.45) is 5.92 Å². The summed E-state index contributed by atoms with van der Waals surface area (Å²) in [5.41, 5.74) is 0. The number of carbonyl (C=O) groups is 1. The van der Waals surface area contributed by atoms with Gasteiger partial charge >= 0.3 is 0 Å². The van der Waals surface area contributed by atoms with Crippen LogP contribution in [0.15, 0.2) is 0 Å². The first kappa shape index (κ1) is 14.8. The number of piperidine rings is 1. The number of likely N-dealkylation sites (tertiary alicyclic amines) is 1. The molecule has 0 aliphatic carbocycles. The highest BCUT2D eigenvalue weighted by atomic mass is 35.5. The van der Waals surface area contributed by atoms with Crippen molar-refractivity contribution in [2.75, 3.05) is 13.1 Å². The van der Waals surface area contributed by atoms with E-state index in [0.29, 0.717) is 18.0 Å². The van der Waals surface area contributed by atoms with Crippen LogP contribution in [0.1, 0.15) is 46.0 Å². The van der Waals surface area contributed by atoms with Gasteiger partial charge in [-0.2, -0.15) is 0 Å². The summed E-state index contributed by atoms with van der Waals surface area (Å²) in [5, 5.41) is 3.33. The van der Waals surface area contributed by atoms with Crippen LogP contribution in [0.4, 0.5) is 0 Å². The van der Waals surface area contributed by atoms with E-state index in [0.717, 1.165) is 32.4 Å². The van der Waals surface area contributed by atoms with Gasteiger partial charge in [0.25, 0.3) is 0 Å². The molecule has 0 aromatic heterocycles. The van der Waals surface area contributed by atoms with Crippen molar-refractivity contribution < 1.29 is 4.79 Å². The fraction of sp³-hybridized carbons (Fsp3) is 0.923. The molecule has 0 aromatic rings. The minimum Gasteiger partial charge on any atom is -0.337 e. The third kappa shape index (κ3) is 3.14. The molecule has 1 N–H and O–H groups in total. The first-order chi connectivity index (χ1) is 7.74. The maximum absolute atomic E-state index is 12.5. The molecular formula is C13H25ClN2O. The molecule has 2 unspecified atom stereocenters. The van der Waals surface area contributed by atoms with E-state index in [9.17, 15) is 4.79 Å². The molecule has 1 amide bonds. The Hall–Kier alpha value is -0.280. The Morgan fingerprint density at radius 1 is 1.24 bits per heavy atom. The highest BCUT2D eigenvalue weighted by Crippen LogP contribution is 2.29. The fourth-order valence-corrected chi connectivity index (χ4v) is 3.15. The molecule has 2 heterocycles. The Bertz CT molecular complexity index is 254. The van der Waals surface area contributed by atoms with Crippen LogP contribution in [0.25, 0.3) is 0 Å². The van der Waals surface area contributed by atoms with Crippen molar-refractivity contribution in [1.82, 2.24) is 10.2 Å². The highest BCUT2D eigenvalue weighted by Gasteiger charge is 2.36. The normalized spacial score (nSPS) is 30.1. The molecule has 2 saturated heterocycles. The van der Waals surface area contributed by atoms with Gasteiger partial charge in [-0.05, 0) is 52.1 Å². The summed E-state index contributed by atoms with van der Waals surface area (Å²) < 4.78 is 0. The first-order valence-corrected chi connectivity index (χ1v) is 6.77. The van der Waals surface area contributed by atoms with Crippen LogP contribution in [-0.2, 0) is 4.79 Å². The second kappa shape index (κ2) is 6.60. The molecule has 4 heteroatoms.